The Balaban J connectivity index is 2.13. The van der Waals surface area contributed by atoms with Crippen LogP contribution in [-0.2, 0) is 0 Å². The van der Waals surface area contributed by atoms with Crippen molar-refractivity contribution < 1.29 is 19.7 Å². The van der Waals surface area contributed by atoms with Gasteiger partial charge in [-0.3, -0.25) is 4.79 Å². The van der Waals surface area contributed by atoms with Gasteiger partial charge in [-0.05, 0) is 48.0 Å². The molecule has 4 heteroatoms. The van der Waals surface area contributed by atoms with Gasteiger partial charge in [-0.15, -0.1) is 0 Å². The van der Waals surface area contributed by atoms with Gasteiger partial charge in [-0.2, -0.15) is 0 Å². The monoisotopic (exact) mass is 270 g/mol. The molecule has 0 radical (unpaired) electrons. The lowest BCUT2D eigenvalue weighted by Gasteiger charge is -2.00. The Hall–Kier alpha value is -2.75. The summed E-state index contributed by atoms with van der Waals surface area (Å²) < 4.78 is 5.02. The molecule has 0 unspecified atom stereocenters. The third kappa shape index (κ3) is 3.17. The van der Waals surface area contributed by atoms with Crippen molar-refractivity contribution in [2.45, 2.75) is 0 Å². The van der Waals surface area contributed by atoms with Crippen molar-refractivity contribution in [2.24, 2.45) is 0 Å². The van der Waals surface area contributed by atoms with Gasteiger partial charge in [0.1, 0.15) is 5.75 Å². The Bertz CT molecular complexity index is 642. The number of hydrogen-bond donors (Lipinski definition) is 2. The number of phenols is 2. The Morgan fingerprint density at radius 1 is 1.05 bits per heavy atom. The number of carbonyl (C=O) groups is 1. The number of hydrogen-bond acceptors (Lipinski definition) is 4. The average Bonchev–Trinajstić information content (AvgIpc) is 2.48. The number of carbonyl (C=O) groups excluding carboxylic acids is 1. The van der Waals surface area contributed by atoms with Gasteiger partial charge in [0.15, 0.2) is 17.3 Å². The molecule has 0 aliphatic carbocycles. The molecule has 0 bridgehead atoms. The third-order valence-electron chi connectivity index (χ3n) is 2.80. The molecule has 0 aromatic heterocycles. The van der Waals surface area contributed by atoms with Crippen LogP contribution in [0, 0.1) is 0 Å². The maximum absolute atomic E-state index is 11.9. The van der Waals surface area contributed by atoms with E-state index in [4.69, 9.17) is 4.74 Å². The van der Waals surface area contributed by atoms with Crippen LogP contribution in [0.25, 0.3) is 6.08 Å². The van der Waals surface area contributed by atoms with Crippen LogP contribution < -0.4 is 4.74 Å². The molecule has 2 aromatic rings. The lowest BCUT2D eigenvalue weighted by atomic mass is 10.1. The van der Waals surface area contributed by atoms with Gasteiger partial charge < -0.3 is 14.9 Å². The van der Waals surface area contributed by atoms with Gasteiger partial charge in [-0.1, -0.05) is 12.1 Å². The minimum atomic E-state index is -0.218. The van der Waals surface area contributed by atoms with Crippen LogP contribution in [0.1, 0.15) is 15.9 Å². The van der Waals surface area contributed by atoms with E-state index in [-0.39, 0.29) is 17.3 Å². The summed E-state index contributed by atoms with van der Waals surface area (Å²) in [4.78, 5) is 11.9. The van der Waals surface area contributed by atoms with E-state index < -0.39 is 0 Å². The second kappa shape index (κ2) is 5.93. The summed E-state index contributed by atoms with van der Waals surface area (Å²) >= 11 is 0. The van der Waals surface area contributed by atoms with E-state index in [1.807, 2.05) is 0 Å². The fraction of sp³-hybridized carbons (Fsp3) is 0.0625. The molecule has 2 aromatic carbocycles. The van der Waals surface area contributed by atoms with Crippen molar-refractivity contribution in [3.8, 4) is 17.2 Å². The van der Waals surface area contributed by atoms with E-state index in [1.54, 1.807) is 43.5 Å². The third-order valence-corrected chi connectivity index (χ3v) is 2.80. The summed E-state index contributed by atoms with van der Waals surface area (Å²) in [5.74, 6) is 0.127. The normalized spacial score (nSPS) is 10.7. The molecule has 4 nitrogen and oxygen atoms in total. The van der Waals surface area contributed by atoms with Crippen LogP contribution in [-0.4, -0.2) is 23.1 Å². The van der Waals surface area contributed by atoms with Crippen molar-refractivity contribution in [1.82, 2.24) is 0 Å². The van der Waals surface area contributed by atoms with Crippen LogP contribution in [0.15, 0.2) is 48.5 Å². The van der Waals surface area contributed by atoms with E-state index >= 15 is 0 Å². The van der Waals surface area contributed by atoms with E-state index in [9.17, 15) is 15.0 Å². The molecule has 0 saturated carbocycles. The molecule has 102 valence electrons. The van der Waals surface area contributed by atoms with E-state index in [1.165, 1.54) is 18.2 Å². The fourth-order valence-electron chi connectivity index (χ4n) is 1.67. The molecule has 0 amide bonds. The summed E-state index contributed by atoms with van der Waals surface area (Å²) in [5, 5.41) is 18.6. The van der Waals surface area contributed by atoms with Crippen molar-refractivity contribution in [1.29, 1.82) is 0 Å². The minimum absolute atomic E-state index is 0.153. The van der Waals surface area contributed by atoms with Crippen LogP contribution in [0.3, 0.4) is 0 Å². The summed E-state index contributed by atoms with van der Waals surface area (Å²) in [6.07, 6.45) is 2.99. The largest absolute Gasteiger partial charge is 0.504 e. The van der Waals surface area contributed by atoms with Gasteiger partial charge in [0.25, 0.3) is 0 Å². The Labute approximate surface area is 116 Å². The molecule has 0 atom stereocenters. The maximum Gasteiger partial charge on any atom is 0.185 e. The highest BCUT2D eigenvalue weighted by molar-refractivity contribution is 6.06. The van der Waals surface area contributed by atoms with Gasteiger partial charge in [0.05, 0.1) is 7.11 Å². The molecule has 2 N–H and O–H groups in total. The number of benzene rings is 2. The quantitative estimate of drug-likeness (QED) is 0.509. The molecule has 0 saturated heterocycles. The van der Waals surface area contributed by atoms with Gasteiger partial charge >= 0.3 is 0 Å². The minimum Gasteiger partial charge on any atom is -0.504 e. The first-order valence-corrected chi connectivity index (χ1v) is 5.98. The number of allylic oxidation sites excluding steroid dienone is 1. The zero-order valence-corrected chi connectivity index (χ0v) is 10.9. The Morgan fingerprint density at radius 3 is 2.35 bits per heavy atom. The molecule has 0 aliphatic rings. The summed E-state index contributed by atoms with van der Waals surface area (Å²) in [6.45, 7) is 0. The van der Waals surface area contributed by atoms with Gasteiger partial charge in [0, 0.05) is 5.56 Å². The molecular formula is C16H14O4. The fourth-order valence-corrected chi connectivity index (χ4v) is 1.67. The average molecular weight is 270 g/mol. The van der Waals surface area contributed by atoms with Gasteiger partial charge in [-0.25, -0.2) is 0 Å². The zero-order valence-electron chi connectivity index (χ0n) is 10.9. The van der Waals surface area contributed by atoms with Crippen molar-refractivity contribution in [3.05, 3.63) is 59.7 Å². The van der Waals surface area contributed by atoms with E-state index in [0.29, 0.717) is 16.9 Å². The molecular weight excluding hydrogens is 256 g/mol. The lowest BCUT2D eigenvalue weighted by molar-refractivity contribution is 0.104. The predicted octanol–water partition coefficient (Wildman–Crippen LogP) is 3.00. The highest BCUT2D eigenvalue weighted by atomic mass is 16.5. The van der Waals surface area contributed by atoms with Crippen molar-refractivity contribution in [3.63, 3.8) is 0 Å². The van der Waals surface area contributed by atoms with Crippen molar-refractivity contribution >= 4 is 11.9 Å². The first-order valence-electron chi connectivity index (χ1n) is 5.98. The number of ether oxygens (including phenoxy) is 1. The summed E-state index contributed by atoms with van der Waals surface area (Å²) in [7, 11) is 1.56. The van der Waals surface area contributed by atoms with Crippen LogP contribution >= 0.6 is 0 Å². The molecule has 0 aliphatic heterocycles. The summed E-state index contributed by atoms with van der Waals surface area (Å²) in [6, 6.07) is 11.1. The molecule has 2 rings (SSSR count). The topological polar surface area (TPSA) is 66.8 Å². The number of rotatable bonds is 4. The lowest BCUT2D eigenvalue weighted by Crippen LogP contribution is -1.94. The summed E-state index contributed by atoms with van der Waals surface area (Å²) in [5.41, 5.74) is 1.17. The SMILES string of the molecule is COc1ccc(C(=O)C=Cc2ccc(O)c(O)c2)cc1. The smallest absolute Gasteiger partial charge is 0.185 e. The Morgan fingerprint density at radius 2 is 1.75 bits per heavy atom. The first-order chi connectivity index (χ1) is 9.60. The van der Waals surface area contributed by atoms with Crippen LogP contribution in [0.4, 0.5) is 0 Å². The molecule has 0 heterocycles. The van der Waals surface area contributed by atoms with Crippen molar-refractivity contribution in [2.75, 3.05) is 7.11 Å². The first kappa shape index (κ1) is 13.7. The van der Waals surface area contributed by atoms with Crippen LogP contribution in [0.2, 0.25) is 0 Å². The standard InChI is InChI=1S/C16H14O4/c1-20-13-6-4-12(5-7-13)14(17)8-2-11-3-9-15(18)16(19)10-11/h2-10,18-19H,1H3. The maximum atomic E-state index is 11.9. The van der Waals surface area contributed by atoms with E-state index in [0.717, 1.165) is 0 Å². The molecule has 0 spiro atoms. The van der Waals surface area contributed by atoms with Crippen LogP contribution in [0.5, 0.6) is 17.2 Å². The molecule has 0 fully saturated rings. The second-order valence-electron chi connectivity index (χ2n) is 4.17. The molecule has 20 heavy (non-hydrogen) atoms. The second-order valence-corrected chi connectivity index (χ2v) is 4.17. The highest BCUT2D eigenvalue weighted by Crippen LogP contribution is 2.25. The Kier molecular flexibility index (Phi) is 4.05. The number of aromatic hydroxyl groups is 2. The van der Waals surface area contributed by atoms with E-state index in [2.05, 4.69) is 0 Å². The zero-order chi connectivity index (χ0) is 14.5. The highest BCUT2D eigenvalue weighted by Gasteiger charge is 2.03. The van der Waals surface area contributed by atoms with Gasteiger partial charge in [0.2, 0.25) is 0 Å². The predicted molar refractivity (Wildman–Crippen MR) is 76.1 cm³/mol. The number of ketones is 1. The number of phenolic OH excluding ortho intramolecular Hbond substituents is 2. The number of methoxy groups -OCH3 is 1.